The van der Waals surface area contributed by atoms with Crippen LogP contribution in [0.1, 0.15) is 38.2 Å². The molecule has 1 heterocycles. The van der Waals surface area contributed by atoms with Crippen molar-refractivity contribution in [3.63, 3.8) is 0 Å². The number of ether oxygens (including phenoxy) is 2. The van der Waals surface area contributed by atoms with E-state index in [9.17, 15) is 14.4 Å². The van der Waals surface area contributed by atoms with Gasteiger partial charge in [-0.05, 0) is 43.4 Å². The van der Waals surface area contributed by atoms with E-state index in [2.05, 4.69) is 10.6 Å². The van der Waals surface area contributed by atoms with Crippen LogP contribution in [0.25, 0.3) is 0 Å². The molecule has 1 saturated carbocycles. The molecular weight excluding hydrogens is 386 g/mol. The lowest BCUT2D eigenvalue weighted by Crippen LogP contribution is -2.53. The van der Waals surface area contributed by atoms with Gasteiger partial charge in [0.2, 0.25) is 17.7 Å². The highest BCUT2D eigenvalue weighted by atomic mass is 16.5. The average molecular weight is 418 g/mol. The summed E-state index contributed by atoms with van der Waals surface area (Å²) in [4.78, 5) is 38.7. The molecule has 1 saturated heterocycles. The molecule has 8 nitrogen and oxygen atoms in total. The van der Waals surface area contributed by atoms with Gasteiger partial charge in [-0.25, -0.2) is 0 Å². The first-order valence-electron chi connectivity index (χ1n) is 10.5. The third-order valence-electron chi connectivity index (χ3n) is 5.66. The normalized spacial score (nSPS) is 17.8. The number of carbonyl (C=O) groups excluding carboxylic acids is 3. The molecule has 1 aliphatic heterocycles. The molecule has 3 amide bonds. The van der Waals surface area contributed by atoms with Gasteiger partial charge < -0.3 is 25.0 Å². The molecule has 0 bridgehead atoms. The second kappa shape index (κ2) is 9.82. The number of benzene rings is 1. The number of amides is 3. The minimum absolute atomic E-state index is 0.00224. The monoisotopic (exact) mass is 417 g/mol. The molecule has 1 aromatic rings. The van der Waals surface area contributed by atoms with Crippen molar-refractivity contribution in [2.24, 2.45) is 5.92 Å². The number of rotatable bonds is 8. The topological polar surface area (TPSA) is 97.0 Å². The zero-order chi connectivity index (χ0) is 21.7. The third kappa shape index (κ3) is 5.64. The standard InChI is InChI=1S/C22H31N3O5/c1-14(26)23-18(12-15-4-7-19(29-2)20(13-15)30-3)21(27)24-17-8-10-25(11-9-17)22(28)16-5-6-16/h4,7,13,16-18H,5-6,8-12H2,1-3H3,(H,23,26)(H,24,27)/t18-/m0/s1. The Morgan fingerprint density at radius 3 is 2.30 bits per heavy atom. The average Bonchev–Trinajstić information content (AvgIpc) is 3.58. The van der Waals surface area contributed by atoms with Crippen LogP contribution >= 0.6 is 0 Å². The van der Waals surface area contributed by atoms with Gasteiger partial charge in [-0.15, -0.1) is 0 Å². The summed E-state index contributed by atoms with van der Waals surface area (Å²) in [5.41, 5.74) is 0.853. The molecule has 30 heavy (non-hydrogen) atoms. The van der Waals surface area contributed by atoms with Crippen LogP contribution in [-0.2, 0) is 20.8 Å². The SMILES string of the molecule is COc1ccc(C[C@H](NC(C)=O)C(=O)NC2CCN(C(=O)C3CC3)CC2)cc1OC. The Kier molecular flexibility index (Phi) is 7.18. The van der Waals surface area contributed by atoms with Crippen molar-refractivity contribution in [1.29, 1.82) is 0 Å². The molecular formula is C22H31N3O5. The molecule has 1 atom stereocenters. The predicted octanol–water partition coefficient (Wildman–Crippen LogP) is 1.27. The lowest BCUT2D eigenvalue weighted by atomic mass is 10.0. The summed E-state index contributed by atoms with van der Waals surface area (Å²) in [5, 5.41) is 5.80. The van der Waals surface area contributed by atoms with E-state index in [-0.39, 0.29) is 29.7 Å². The van der Waals surface area contributed by atoms with Gasteiger partial charge in [0, 0.05) is 38.4 Å². The fourth-order valence-electron chi connectivity index (χ4n) is 3.83. The Morgan fingerprint density at radius 1 is 1.07 bits per heavy atom. The molecule has 164 valence electrons. The molecule has 1 aliphatic carbocycles. The molecule has 8 heteroatoms. The fourth-order valence-corrected chi connectivity index (χ4v) is 3.83. The van der Waals surface area contributed by atoms with Gasteiger partial charge in [0.15, 0.2) is 11.5 Å². The van der Waals surface area contributed by atoms with Crippen LogP contribution in [0.5, 0.6) is 11.5 Å². The van der Waals surface area contributed by atoms with Crippen LogP contribution in [-0.4, -0.2) is 62.0 Å². The second-order valence-corrected chi connectivity index (χ2v) is 8.03. The van der Waals surface area contributed by atoms with Crippen LogP contribution in [0.15, 0.2) is 18.2 Å². The van der Waals surface area contributed by atoms with Crippen molar-refractivity contribution in [2.45, 2.75) is 51.1 Å². The summed E-state index contributed by atoms with van der Waals surface area (Å²) >= 11 is 0. The maximum absolute atomic E-state index is 12.9. The summed E-state index contributed by atoms with van der Waals surface area (Å²) in [6, 6.07) is 4.76. The number of hydrogen-bond donors (Lipinski definition) is 2. The van der Waals surface area contributed by atoms with Gasteiger partial charge in [0.1, 0.15) is 6.04 Å². The first-order chi connectivity index (χ1) is 14.4. The minimum atomic E-state index is -0.688. The number of hydrogen-bond acceptors (Lipinski definition) is 5. The number of carbonyl (C=O) groups is 3. The van der Waals surface area contributed by atoms with E-state index in [0.717, 1.165) is 31.2 Å². The van der Waals surface area contributed by atoms with Gasteiger partial charge in [0.25, 0.3) is 0 Å². The molecule has 2 aliphatic rings. The maximum atomic E-state index is 12.9. The van der Waals surface area contributed by atoms with E-state index < -0.39 is 6.04 Å². The summed E-state index contributed by atoms with van der Waals surface area (Å²) < 4.78 is 10.6. The molecule has 0 spiro atoms. The predicted molar refractivity (Wildman–Crippen MR) is 111 cm³/mol. The van der Waals surface area contributed by atoms with Crippen molar-refractivity contribution in [3.8, 4) is 11.5 Å². The van der Waals surface area contributed by atoms with Crippen LogP contribution in [0.2, 0.25) is 0 Å². The summed E-state index contributed by atoms with van der Waals surface area (Å²) in [7, 11) is 3.12. The highest BCUT2D eigenvalue weighted by Crippen LogP contribution is 2.32. The van der Waals surface area contributed by atoms with Crippen molar-refractivity contribution >= 4 is 17.7 Å². The third-order valence-corrected chi connectivity index (χ3v) is 5.66. The number of nitrogens with one attached hydrogen (secondary N) is 2. The van der Waals surface area contributed by atoms with Crippen LogP contribution in [0, 0.1) is 5.92 Å². The number of piperidine rings is 1. The van der Waals surface area contributed by atoms with E-state index in [0.29, 0.717) is 31.0 Å². The highest BCUT2D eigenvalue weighted by Gasteiger charge is 2.35. The Labute approximate surface area is 177 Å². The Bertz CT molecular complexity index is 785. The Hall–Kier alpha value is -2.77. The van der Waals surface area contributed by atoms with E-state index in [1.165, 1.54) is 6.92 Å². The second-order valence-electron chi connectivity index (χ2n) is 8.03. The van der Waals surface area contributed by atoms with Crippen LogP contribution in [0.3, 0.4) is 0 Å². The molecule has 3 rings (SSSR count). The van der Waals surface area contributed by atoms with Gasteiger partial charge in [0.05, 0.1) is 14.2 Å². The summed E-state index contributed by atoms with van der Waals surface area (Å²) in [6.45, 7) is 2.73. The summed E-state index contributed by atoms with van der Waals surface area (Å²) in [6.07, 6.45) is 3.81. The number of likely N-dealkylation sites (tertiary alicyclic amines) is 1. The molecule has 1 aromatic carbocycles. The van der Waals surface area contributed by atoms with Gasteiger partial charge in [-0.3, -0.25) is 14.4 Å². The van der Waals surface area contributed by atoms with Crippen molar-refractivity contribution in [1.82, 2.24) is 15.5 Å². The fraction of sp³-hybridized carbons (Fsp3) is 0.591. The molecule has 0 aromatic heterocycles. The zero-order valence-corrected chi connectivity index (χ0v) is 17.9. The van der Waals surface area contributed by atoms with E-state index >= 15 is 0 Å². The Balaban J connectivity index is 1.59. The first kappa shape index (κ1) is 21.9. The quantitative estimate of drug-likeness (QED) is 0.664. The minimum Gasteiger partial charge on any atom is -0.493 e. The zero-order valence-electron chi connectivity index (χ0n) is 17.9. The largest absolute Gasteiger partial charge is 0.493 e. The smallest absolute Gasteiger partial charge is 0.243 e. The molecule has 2 fully saturated rings. The lowest BCUT2D eigenvalue weighted by Gasteiger charge is -2.33. The van der Waals surface area contributed by atoms with Gasteiger partial charge in [-0.1, -0.05) is 6.07 Å². The van der Waals surface area contributed by atoms with Crippen molar-refractivity contribution in [2.75, 3.05) is 27.3 Å². The van der Waals surface area contributed by atoms with Crippen LogP contribution < -0.4 is 20.1 Å². The molecule has 0 unspecified atom stereocenters. The Morgan fingerprint density at radius 2 is 1.73 bits per heavy atom. The summed E-state index contributed by atoms with van der Waals surface area (Å²) in [5.74, 6) is 1.18. The van der Waals surface area contributed by atoms with Gasteiger partial charge >= 0.3 is 0 Å². The van der Waals surface area contributed by atoms with Crippen LogP contribution in [0.4, 0.5) is 0 Å². The van der Waals surface area contributed by atoms with E-state index in [4.69, 9.17) is 9.47 Å². The maximum Gasteiger partial charge on any atom is 0.243 e. The van der Waals surface area contributed by atoms with E-state index in [1.807, 2.05) is 17.0 Å². The molecule has 0 radical (unpaired) electrons. The van der Waals surface area contributed by atoms with Crippen molar-refractivity contribution in [3.05, 3.63) is 23.8 Å². The highest BCUT2D eigenvalue weighted by molar-refractivity contribution is 5.87. The van der Waals surface area contributed by atoms with Crippen molar-refractivity contribution < 1.29 is 23.9 Å². The number of methoxy groups -OCH3 is 2. The lowest BCUT2D eigenvalue weighted by molar-refractivity contribution is -0.134. The number of nitrogens with zero attached hydrogens (tertiary/aromatic N) is 1. The molecule has 2 N–H and O–H groups in total. The first-order valence-corrected chi connectivity index (χ1v) is 10.5. The van der Waals surface area contributed by atoms with Gasteiger partial charge in [-0.2, -0.15) is 0 Å². The van der Waals surface area contributed by atoms with E-state index in [1.54, 1.807) is 20.3 Å².